The molecule has 1 aliphatic heterocycles. The summed E-state index contributed by atoms with van der Waals surface area (Å²) >= 11 is 1.68. The second-order valence-electron chi connectivity index (χ2n) is 9.71. The highest BCUT2D eigenvalue weighted by Gasteiger charge is 2.27. The van der Waals surface area contributed by atoms with Crippen molar-refractivity contribution in [2.75, 3.05) is 48.8 Å². The largest absolute Gasteiger partial charge is 0.380 e. The van der Waals surface area contributed by atoms with Gasteiger partial charge < -0.3 is 25.4 Å². The van der Waals surface area contributed by atoms with Gasteiger partial charge in [-0.15, -0.1) is 11.3 Å². The van der Waals surface area contributed by atoms with Gasteiger partial charge in [0.15, 0.2) is 0 Å². The molecule has 0 amide bonds. The van der Waals surface area contributed by atoms with Crippen molar-refractivity contribution in [1.82, 2.24) is 9.88 Å². The smallest absolute Gasteiger partial charge is 0.259 e. The number of thiophene rings is 1. The SMILES string of the molecule is CCC(C)=C(Nc1cc(N2CCN(C)CC2)ccc1C)c1c(NC2CC2)c2sccc2[nH]c1=O. The highest BCUT2D eigenvalue weighted by atomic mass is 32.1. The van der Waals surface area contributed by atoms with Gasteiger partial charge in [0, 0.05) is 43.6 Å². The molecule has 3 N–H and O–H groups in total. The first-order valence-corrected chi connectivity index (χ1v) is 13.2. The molecule has 3 heterocycles. The molecule has 1 saturated carbocycles. The van der Waals surface area contributed by atoms with Gasteiger partial charge in [-0.3, -0.25) is 4.79 Å². The Bertz CT molecular complexity index is 1280. The van der Waals surface area contributed by atoms with Crippen molar-refractivity contribution in [2.45, 2.75) is 46.1 Å². The van der Waals surface area contributed by atoms with Gasteiger partial charge in [-0.2, -0.15) is 0 Å². The normalized spacial score (nSPS) is 17.7. The lowest BCUT2D eigenvalue weighted by Gasteiger charge is -2.34. The zero-order valence-electron chi connectivity index (χ0n) is 20.6. The van der Waals surface area contributed by atoms with Crippen LogP contribution in [0.1, 0.15) is 44.2 Å². The molecule has 6 nitrogen and oxygen atoms in total. The minimum atomic E-state index is -0.0442. The van der Waals surface area contributed by atoms with E-state index in [9.17, 15) is 4.79 Å². The first-order chi connectivity index (χ1) is 16.4. The molecule has 5 rings (SSSR count). The first-order valence-electron chi connectivity index (χ1n) is 12.4. The first kappa shape index (κ1) is 23.0. The Morgan fingerprint density at radius 1 is 1.18 bits per heavy atom. The quantitative estimate of drug-likeness (QED) is 0.421. The Kier molecular flexibility index (Phi) is 6.40. The molecule has 0 spiro atoms. The van der Waals surface area contributed by atoms with Crippen LogP contribution in [0.2, 0.25) is 0 Å². The minimum Gasteiger partial charge on any atom is -0.380 e. The molecule has 180 valence electrons. The maximum Gasteiger partial charge on any atom is 0.259 e. The molecule has 3 aromatic rings. The number of H-pyrrole nitrogens is 1. The third-order valence-electron chi connectivity index (χ3n) is 7.10. The summed E-state index contributed by atoms with van der Waals surface area (Å²) in [7, 11) is 2.18. The van der Waals surface area contributed by atoms with Crippen LogP contribution in [0.25, 0.3) is 15.9 Å². The predicted octanol–water partition coefficient (Wildman–Crippen LogP) is 5.48. The fraction of sp³-hybridized carbons (Fsp3) is 0.444. The van der Waals surface area contributed by atoms with Crippen LogP contribution in [-0.4, -0.2) is 49.2 Å². The second kappa shape index (κ2) is 9.47. The number of nitrogens with one attached hydrogen (secondary N) is 3. The van der Waals surface area contributed by atoms with E-state index < -0.39 is 0 Å². The number of pyridine rings is 1. The van der Waals surface area contributed by atoms with Gasteiger partial charge in [-0.25, -0.2) is 0 Å². The van der Waals surface area contributed by atoms with E-state index in [1.54, 1.807) is 11.3 Å². The lowest BCUT2D eigenvalue weighted by molar-refractivity contribution is 0.313. The zero-order valence-corrected chi connectivity index (χ0v) is 21.4. The fourth-order valence-corrected chi connectivity index (χ4v) is 5.39. The molecular weight excluding hydrogens is 442 g/mol. The van der Waals surface area contributed by atoms with Gasteiger partial charge in [-0.1, -0.05) is 13.0 Å². The molecular formula is C27H35N5OS. The van der Waals surface area contributed by atoms with Crippen LogP contribution < -0.4 is 21.1 Å². The average Bonchev–Trinajstić information content (AvgIpc) is 3.53. The van der Waals surface area contributed by atoms with E-state index in [4.69, 9.17) is 0 Å². The van der Waals surface area contributed by atoms with Crippen LogP contribution >= 0.6 is 11.3 Å². The highest BCUT2D eigenvalue weighted by molar-refractivity contribution is 7.17. The van der Waals surface area contributed by atoms with E-state index in [1.807, 2.05) is 6.07 Å². The summed E-state index contributed by atoms with van der Waals surface area (Å²) < 4.78 is 1.12. The maximum absolute atomic E-state index is 13.5. The van der Waals surface area contributed by atoms with Crippen LogP contribution in [0.5, 0.6) is 0 Å². The number of aryl methyl sites for hydroxylation is 1. The van der Waals surface area contributed by atoms with E-state index >= 15 is 0 Å². The summed E-state index contributed by atoms with van der Waals surface area (Å²) in [5, 5.41) is 9.46. The van der Waals surface area contributed by atoms with E-state index in [2.05, 4.69) is 76.8 Å². The molecule has 2 aliphatic rings. The zero-order chi connectivity index (χ0) is 23.8. The lowest BCUT2D eigenvalue weighted by Crippen LogP contribution is -2.44. The number of nitrogens with zero attached hydrogens (tertiary/aromatic N) is 2. The van der Waals surface area contributed by atoms with Crippen LogP contribution in [0.3, 0.4) is 0 Å². The van der Waals surface area contributed by atoms with E-state index in [0.29, 0.717) is 6.04 Å². The molecule has 2 fully saturated rings. The Balaban J connectivity index is 1.57. The monoisotopic (exact) mass is 477 g/mol. The summed E-state index contributed by atoms with van der Waals surface area (Å²) in [5.74, 6) is 0. The summed E-state index contributed by atoms with van der Waals surface area (Å²) in [5.41, 5.74) is 8.11. The van der Waals surface area contributed by atoms with Crippen molar-refractivity contribution >= 4 is 44.3 Å². The van der Waals surface area contributed by atoms with E-state index in [1.165, 1.54) is 16.8 Å². The van der Waals surface area contributed by atoms with Crippen molar-refractivity contribution in [3.05, 3.63) is 56.7 Å². The summed E-state index contributed by atoms with van der Waals surface area (Å²) in [6.45, 7) is 10.6. The van der Waals surface area contributed by atoms with Crippen molar-refractivity contribution in [3.63, 3.8) is 0 Å². The number of fused-ring (bicyclic) bond motifs is 1. The van der Waals surface area contributed by atoms with Crippen LogP contribution in [0.15, 0.2) is 40.0 Å². The molecule has 0 bridgehead atoms. The van der Waals surface area contributed by atoms with Crippen LogP contribution in [0.4, 0.5) is 17.1 Å². The number of piperazine rings is 1. The fourth-order valence-electron chi connectivity index (χ4n) is 4.52. The van der Waals surface area contributed by atoms with Crippen molar-refractivity contribution in [2.24, 2.45) is 0 Å². The number of aromatic nitrogens is 1. The topological polar surface area (TPSA) is 63.4 Å². The number of allylic oxidation sites excluding steroid dienone is 1. The van der Waals surface area contributed by atoms with Crippen molar-refractivity contribution < 1.29 is 0 Å². The molecule has 0 radical (unpaired) electrons. The standard InChI is InChI=1S/C27H35N5OS/c1-5-17(2)24(23-25(28-19-7-8-19)26-21(10-15-34-26)30-27(23)33)29-22-16-20(9-6-18(22)3)32-13-11-31(4)12-14-32/h6,9-10,15-16,19,29H,5,7-8,11-14H2,1-4H3,(H2,28,30,33). The van der Waals surface area contributed by atoms with Gasteiger partial charge >= 0.3 is 0 Å². The van der Waals surface area contributed by atoms with E-state index in [0.717, 1.165) is 78.3 Å². The molecule has 7 heteroatoms. The Morgan fingerprint density at radius 2 is 1.94 bits per heavy atom. The van der Waals surface area contributed by atoms with Gasteiger partial charge in [0.25, 0.3) is 5.56 Å². The van der Waals surface area contributed by atoms with Crippen molar-refractivity contribution in [1.29, 1.82) is 0 Å². The number of hydrogen-bond donors (Lipinski definition) is 3. The Labute approximate surface area is 205 Å². The third-order valence-corrected chi connectivity index (χ3v) is 8.03. The number of anilines is 3. The van der Waals surface area contributed by atoms with Gasteiger partial charge in [0.2, 0.25) is 0 Å². The maximum atomic E-state index is 13.5. The molecule has 2 aromatic heterocycles. The molecule has 0 unspecified atom stereocenters. The molecule has 1 saturated heterocycles. The van der Waals surface area contributed by atoms with Crippen molar-refractivity contribution in [3.8, 4) is 0 Å². The van der Waals surface area contributed by atoms with Gasteiger partial charge in [-0.05, 0) is 74.9 Å². The Hall–Kier alpha value is -2.77. The predicted molar refractivity (Wildman–Crippen MR) is 146 cm³/mol. The van der Waals surface area contributed by atoms with Crippen LogP contribution in [-0.2, 0) is 0 Å². The summed E-state index contributed by atoms with van der Waals surface area (Å²) in [6, 6.07) is 9.10. The number of aromatic amines is 1. The number of likely N-dealkylation sites (N-methyl/N-ethyl adjacent to an activating group) is 1. The lowest BCUT2D eigenvalue weighted by atomic mass is 10.0. The minimum absolute atomic E-state index is 0.0442. The molecule has 34 heavy (non-hydrogen) atoms. The van der Waals surface area contributed by atoms with Gasteiger partial charge in [0.05, 0.1) is 27.2 Å². The summed E-state index contributed by atoms with van der Waals surface area (Å²) in [6.07, 6.45) is 3.18. The number of hydrogen-bond acceptors (Lipinski definition) is 6. The number of benzene rings is 1. The number of rotatable bonds is 7. The molecule has 1 aliphatic carbocycles. The summed E-state index contributed by atoms with van der Waals surface area (Å²) in [4.78, 5) is 21.4. The third kappa shape index (κ3) is 4.59. The highest BCUT2D eigenvalue weighted by Crippen LogP contribution is 2.38. The average molecular weight is 478 g/mol. The molecule has 0 atom stereocenters. The van der Waals surface area contributed by atoms with E-state index in [-0.39, 0.29) is 5.56 Å². The second-order valence-corrected chi connectivity index (χ2v) is 10.6. The van der Waals surface area contributed by atoms with Crippen LogP contribution in [0, 0.1) is 6.92 Å². The van der Waals surface area contributed by atoms with Gasteiger partial charge in [0.1, 0.15) is 0 Å². The Morgan fingerprint density at radius 3 is 2.65 bits per heavy atom. The molecule has 1 aromatic carbocycles.